The van der Waals surface area contributed by atoms with Crippen molar-refractivity contribution >= 4 is 17.5 Å². The summed E-state index contributed by atoms with van der Waals surface area (Å²) in [5, 5.41) is 0.681. The number of rotatable bonds is 4. The number of nitrogens with two attached hydrogens (primary N) is 1. The van der Waals surface area contributed by atoms with Crippen LogP contribution in [0.3, 0.4) is 0 Å². The van der Waals surface area contributed by atoms with E-state index in [1.165, 1.54) is 0 Å². The molecule has 3 nitrogen and oxygen atoms in total. The number of carbonyl (C=O) groups excluding carboxylic acids is 1. The van der Waals surface area contributed by atoms with E-state index in [1.807, 2.05) is 31.2 Å². The Balaban J connectivity index is 2.75. The van der Waals surface area contributed by atoms with Crippen LogP contribution in [0.5, 0.6) is 0 Å². The monoisotopic (exact) mass is 226 g/mol. The van der Waals surface area contributed by atoms with Crippen molar-refractivity contribution in [2.75, 3.05) is 13.1 Å². The van der Waals surface area contributed by atoms with E-state index < -0.39 is 0 Å². The number of hydrogen-bond acceptors (Lipinski definition) is 2. The highest BCUT2D eigenvalue weighted by atomic mass is 35.5. The lowest BCUT2D eigenvalue weighted by Crippen LogP contribution is -2.35. The molecule has 0 atom stereocenters. The van der Waals surface area contributed by atoms with Gasteiger partial charge in [-0.2, -0.15) is 0 Å². The summed E-state index contributed by atoms with van der Waals surface area (Å²) in [5.41, 5.74) is 6.26. The number of benzene rings is 1. The van der Waals surface area contributed by atoms with Gasteiger partial charge in [-0.1, -0.05) is 29.8 Å². The number of nitrogens with zero attached hydrogens (tertiary/aromatic N) is 1. The molecule has 0 bridgehead atoms. The lowest BCUT2D eigenvalue weighted by atomic mass is 10.2. The zero-order chi connectivity index (χ0) is 11.3. The van der Waals surface area contributed by atoms with Gasteiger partial charge >= 0.3 is 0 Å². The van der Waals surface area contributed by atoms with Crippen molar-refractivity contribution in [2.45, 2.75) is 13.5 Å². The van der Waals surface area contributed by atoms with Gasteiger partial charge in [0, 0.05) is 18.1 Å². The Hall–Kier alpha value is -1.06. The average molecular weight is 227 g/mol. The molecule has 0 saturated heterocycles. The van der Waals surface area contributed by atoms with E-state index in [2.05, 4.69) is 0 Å². The summed E-state index contributed by atoms with van der Waals surface area (Å²) in [6.45, 7) is 3.12. The fraction of sp³-hybridized carbons (Fsp3) is 0.364. The quantitative estimate of drug-likeness (QED) is 0.849. The van der Waals surface area contributed by atoms with Crippen LogP contribution in [0.4, 0.5) is 0 Å². The third-order valence-electron chi connectivity index (χ3n) is 2.23. The predicted molar refractivity (Wildman–Crippen MR) is 61.6 cm³/mol. The number of hydrogen-bond donors (Lipinski definition) is 1. The Kier molecular flexibility index (Phi) is 4.59. The van der Waals surface area contributed by atoms with Gasteiger partial charge in [-0.05, 0) is 18.6 Å². The molecule has 82 valence electrons. The Morgan fingerprint density at radius 1 is 1.47 bits per heavy atom. The molecule has 2 N–H and O–H groups in total. The first-order valence-corrected chi connectivity index (χ1v) is 5.28. The molecular weight excluding hydrogens is 212 g/mol. The second-order valence-electron chi connectivity index (χ2n) is 3.20. The Bertz CT molecular complexity index is 341. The Labute approximate surface area is 94.8 Å². The van der Waals surface area contributed by atoms with Gasteiger partial charge in [0.1, 0.15) is 0 Å². The summed E-state index contributed by atoms with van der Waals surface area (Å²) < 4.78 is 0. The summed E-state index contributed by atoms with van der Waals surface area (Å²) in [6, 6.07) is 7.50. The second kappa shape index (κ2) is 5.73. The van der Waals surface area contributed by atoms with E-state index in [-0.39, 0.29) is 12.5 Å². The van der Waals surface area contributed by atoms with Gasteiger partial charge in [0.05, 0.1) is 6.54 Å². The van der Waals surface area contributed by atoms with E-state index in [0.717, 1.165) is 5.56 Å². The second-order valence-corrected chi connectivity index (χ2v) is 3.61. The van der Waals surface area contributed by atoms with Crippen LogP contribution < -0.4 is 5.73 Å². The smallest absolute Gasteiger partial charge is 0.236 e. The van der Waals surface area contributed by atoms with Crippen LogP contribution in [0.15, 0.2) is 24.3 Å². The number of carbonyl (C=O) groups is 1. The predicted octanol–water partition coefficient (Wildman–Crippen LogP) is 1.65. The van der Waals surface area contributed by atoms with Gasteiger partial charge in [0.25, 0.3) is 0 Å². The Morgan fingerprint density at radius 3 is 2.67 bits per heavy atom. The number of halogens is 1. The molecule has 0 aliphatic carbocycles. The first kappa shape index (κ1) is 12.0. The van der Waals surface area contributed by atoms with Crippen LogP contribution in [0.1, 0.15) is 12.5 Å². The first-order chi connectivity index (χ1) is 7.19. The fourth-order valence-corrected chi connectivity index (χ4v) is 1.53. The molecule has 0 aliphatic heterocycles. The van der Waals surface area contributed by atoms with Gasteiger partial charge in [0.2, 0.25) is 5.91 Å². The van der Waals surface area contributed by atoms with Crippen molar-refractivity contribution in [3.8, 4) is 0 Å². The van der Waals surface area contributed by atoms with Crippen LogP contribution in [-0.2, 0) is 11.3 Å². The van der Waals surface area contributed by atoms with Crippen molar-refractivity contribution in [1.29, 1.82) is 0 Å². The zero-order valence-electron chi connectivity index (χ0n) is 8.74. The average Bonchev–Trinajstić information content (AvgIpc) is 2.27. The van der Waals surface area contributed by atoms with Crippen molar-refractivity contribution in [2.24, 2.45) is 5.73 Å². The molecule has 1 aromatic carbocycles. The molecule has 0 aromatic heterocycles. The van der Waals surface area contributed by atoms with Gasteiger partial charge in [-0.3, -0.25) is 4.79 Å². The third kappa shape index (κ3) is 3.22. The van der Waals surface area contributed by atoms with Crippen LogP contribution in [0.25, 0.3) is 0 Å². The third-order valence-corrected chi connectivity index (χ3v) is 2.60. The lowest BCUT2D eigenvalue weighted by molar-refractivity contribution is -0.130. The molecular formula is C11H15ClN2O. The molecule has 0 spiro atoms. The molecule has 0 aliphatic rings. The molecule has 0 fully saturated rings. The van der Waals surface area contributed by atoms with E-state index in [0.29, 0.717) is 18.1 Å². The summed E-state index contributed by atoms with van der Waals surface area (Å²) in [6.07, 6.45) is 0. The summed E-state index contributed by atoms with van der Waals surface area (Å²) in [7, 11) is 0. The van der Waals surface area contributed by atoms with Gasteiger partial charge in [0.15, 0.2) is 0 Å². The normalized spacial score (nSPS) is 10.1. The maximum Gasteiger partial charge on any atom is 0.236 e. The lowest BCUT2D eigenvalue weighted by Gasteiger charge is -2.20. The Morgan fingerprint density at radius 2 is 2.13 bits per heavy atom. The van der Waals surface area contributed by atoms with Gasteiger partial charge < -0.3 is 10.6 Å². The molecule has 1 rings (SSSR count). The molecule has 1 amide bonds. The number of likely N-dealkylation sites (N-methyl/N-ethyl adjacent to an activating group) is 1. The number of amides is 1. The van der Waals surface area contributed by atoms with Gasteiger partial charge in [-0.25, -0.2) is 0 Å². The maximum atomic E-state index is 11.4. The van der Waals surface area contributed by atoms with E-state index in [9.17, 15) is 4.79 Å². The molecule has 1 aromatic rings. The van der Waals surface area contributed by atoms with Crippen molar-refractivity contribution in [3.05, 3.63) is 34.9 Å². The highest BCUT2D eigenvalue weighted by Gasteiger charge is 2.11. The van der Waals surface area contributed by atoms with E-state index in [4.69, 9.17) is 17.3 Å². The topological polar surface area (TPSA) is 46.3 Å². The molecule has 0 radical (unpaired) electrons. The van der Waals surface area contributed by atoms with Crippen LogP contribution in [-0.4, -0.2) is 23.9 Å². The molecule has 0 unspecified atom stereocenters. The molecule has 4 heteroatoms. The van der Waals surface area contributed by atoms with E-state index in [1.54, 1.807) is 4.90 Å². The van der Waals surface area contributed by atoms with Crippen molar-refractivity contribution in [1.82, 2.24) is 4.90 Å². The highest BCUT2D eigenvalue weighted by molar-refractivity contribution is 6.31. The largest absolute Gasteiger partial charge is 0.337 e. The maximum absolute atomic E-state index is 11.4. The molecule has 15 heavy (non-hydrogen) atoms. The minimum Gasteiger partial charge on any atom is -0.337 e. The van der Waals surface area contributed by atoms with Crippen molar-refractivity contribution in [3.63, 3.8) is 0 Å². The minimum atomic E-state index is -0.0579. The zero-order valence-corrected chi connectivity index (χ0v) is 9.50. The summed E-state index contributed by atoms with van der Waals surface area (Å²) in [5.74, 6) is -0.0579. The first-order valence-electron chi connectivity index (χ1n) is 4.90. The van der Waals surface area contributed by atoms with Gasteiger partial charge in [-0.15, -0.1) is 0 Å². The summed E-state index contributed by atoms with van der Waals surface area (Å²) in [4.78, 5) is 13.1. The SMILES string of the molecule is CCN(Cc1ccccc1Cl)C(=O)CN. The van der Waals surface area contributed by atoms with E-state index >= 15 is 0 Å². The van der Waals surface area contributed by atoms with Crippen LogP contribution >= 0.6 is 11.6 Å². The summed E-state index contributed by atoms with van der Waals surface area (Å²) >= 11 is 6.00. The van der Waals surface area contributed by atoms with Crippen LogP contribution in [0, 0.1) is 0 Å². The molecule has 0 saturated carbocycles. The van der Waals surface area contributed by atoms with Crippen LogP contribution in [0.2, 0.25) is 5.02 Å². The standard InChI is InChI=1S/C11H15ClN2O/c1-2-14(11(15)7-13)8-9-5-3-4-6-10(9)12/h3-6H,2,7-8,13H2,1H3. The highest BCUT2D eigenvalue weighted by Crippen LogP contribution is 2.16. The minimum absolute atomic E-state index is 0.0400. The fourth-order valence-electron chi connectivity index (χ4n) is 1.34. The van der Waals surface area contributed by atoms with Crippen molar-refractivity contribution < 1.29 is 4.79 Å². The molecule has 0 heterocycles.